The molecule has 0 saturated heterocycles. The number of carbonyl (C=O) groups excluding carboxylic acids is 1. The van der Waals surface area contributed by atoms with Gasteiger partial charge >= 0.3 is 5.97 Å². The molecule has 102 valence electrons. The summed E-state index contributed by atoms with van der Waals surface area (Å²) in [4.78, 5) is 20.5. The average molecular weight is 290 g/mol. The van der Waals surface area contributed by atoms with Gasteiger partial charge < -0.3 is 10.6 Å². The second kappa shape index (κ2) is 6.16. The third-order valence-corrected chi connectivity index (χ3v) is 2.86. The topological polar surface area (TPSA) is 77.6 Å². The minimum atomic E-state index is -0.660. The molecule has 0 saturated carbocycles. The number of carbonyl (C=O) groups is 1. The van der Waals surface area contributed by atoms with Gasteiger partial charge in [0, 0.05) is 18.0 Å². The van der Waals surface area contributed by atoms with Gasteiger partial charge in [-0.3, -0.25) is 4.98 Å². The molecule has 0 fully saturated rings. The summed E-state index contributed by atoms with van der Waals surface area (Å²) >= 11 is 5.97. The van der Waals surface area contributed by atoms with Crippen molar-refractivity contribution < 1.29 is 9.63 Å². The van der Waals surface area contributed by atoms with Gasteiger partial charge in [0.1, 0.15) is 0 Å². The smallest absolute Gasteiger partial charge is 0.367 e. The van der Waals surface area contributed by atoms with Crippen molar-refractivity contribution in [3.8, 4) is 0 Å². The zero-order valence-electron chi connectivity index (χ0n) is 10.7. The van der Waals surface area contributed by atoms with Gasteiger partial charge in [-0.15, -0.1) is 0 Å². The Hall–Kier alpha value is -2.40. The van der Waals surface area contributed by atoms with Crippen molar-refractivity contribution in [3.05, 3.63) is 64.4 Å². The molecule has 0 unspecified atom stereocenters. The lowest BCUT2D eigenvalue weighted by Gasteiger charge is -2.03. The molecule has 0 atom stereocenters. The van der Waals surface area contributed by atoms with Crippen LogP contribution in [0.2, 0.25) is 5.02 Å². The Labute approximate surface area is 121 Å². The highest BCUT2D eigenvalue weighted by Gasteiger charge is 2.12. The number of hydrogen-bond donors (Lipinski definition) is 1. The van der Waals surface area contributed by atoms with E-state index in [-0.39, 0.29) is 11.4 Å². The van der Waals surface area contributed by atoms with E-state index < -0.39 is 5.97 Å². The number of aromatic nitrogens is 1. The molecule has 0 radical (unpaired) electrons. The molecule has 2 rings (SSSR count). The van der Waals surface area contributed by atoms with E-state index in [1.54, 1.807) is 42.7 Å². The number of oxime groups is 1. The molecule has 0 amide bonds. The fourth-order valence-corrected chi connectivity index (χ4v) is 1.81. The number of nitrogens with two attached hydrogens (primary N) is 1. The maximum Gasteiger partial charge on any atom is 0.367 e. The molecule has 0 bridgehead atoms. The van der Waals surface area contributed by atoms with Crippen LogP contribution in [0.3, 0.4) is 0 Å². The van der Waals surface area contributed by atoms with E-state index in [0.717, 1.165) is 5.56 Å². The number of nitrogens with zero attached hydrogens (tertiary/aromatic N) is 2. The van der Waals surface area contributed by atoms with Crippen LogP contribution in [-0.2, 0) is 4.84 Å². The second-order valence-corrected chi connectivity index (χ2v) is 4.48. The Morgan fingerprint density at radius 3 is 2.65 bits per heavy atom. The zero-order valence-corrected chi connectivity index (χ0v) is 11.5. The first-order chi connectivity index (χ1) is 9.58. The van der Waals surface area contributed by atoms with Gasteiger partial charge in [-0.05, 0) is 36.8 Å². The number of benzene rings is 1. The second-order valence-electron chi connectivity index (χ2n) is 4.07. The highest BCUT2D eigenvalue weighted by Crippen LogP contribution is 2.18. The highest BCUT2D eigenvalue weighted by molar-refractivity contribution is 6.33. The fourth-order valence-electron chi connectivity index (χ4n) is 1.50. The predicted molar refractivity (Wildman–Crippen MR) is 76.6 cm³/mol. The van der Waals surface area contributed by atoms with Crippen LogP contribution in [0.15, 0.2) is 47.9 Å². The largest absolute Gasteiger partial charge is 0.380 e. The normalized spacial score (nSPS) is 11.2. The summed E-state index contributed by atoms with van der Waals surface area (Å²) in [7, 11) is 0. The summed E-state index contributed by atoms with van der Waals surface area (Å²) < 4.78 is 0. The van der Waals surface area contributed by atoms with Crippen LogP contribution in [-0.4, -0.2) is 16.8 Å². The number of pyridine rings is 1. The van der Waals surface area contributed by atoms with E-state index in [2.05, 4.69) is 10.1 Å². The zero-order chi connectivity index (χ0) is 14.5. The van der Waals surface area contributed by atoms with Gasteiger partial charge in [-0.25, -0.2) is 4.79 Å². The first kappa shape index (κ1) is 14.0. The van der Waals surface area contributed by atoms with Gasteiger partial charge in [-0.1, -0.05) is 22.8 Å². The van der Waals surface area contributed by atoms with Crippen LogP contribution >= 0.6 is 11.6 Å². The van der Waals surface area contributed by atoms with E-state index in [1.807, 2.05) is 6.92 Å². The SMILES string of the molecule is Cc1ccc(C(=O)ON=C(N)c2ccncc2)c(Cl)c1. The van der Waals surface area contributed by atoms with E-state index in [1.165, 1.54) is 0 Å². The molecule has 1 heterocycles. The molecule has 2 N–H and O–H groups in total. The van der Waals surface area contributed by atoms with Crippen molar-refractivity contribution in [3.63, 3.8) is 0 Å². The van der Waals surface area contributed by atoms with Gasteiger partial charge in [0.25, 0.3) is 0 Å². The molecule has 1 aromatic heterocycles. The third-order valence-electron chi connectivity index (χ3n) is 2.55. The first-order valence-corrected chi connectivity index (χ1v) is 6.17. The molecule has 0 aliphatic carbocycles. The molecule has 5 nitrogen and oxygen atoms in total. The Kier molecular flexibility index (Phi) is 4.32. The molecule has 20 heavy (non-hydrogen) atoms. The molecule has 6 heteroatoms. The van der Waals surface area contributed by atoms with E-state index in [9.17, 15) is 4.79 Å². The molecule has 0 spiro atoms. The maximum atomic E-state index is 11.8. The van der Waals surface area contributed by atoms with Crippen LogP contribution in [0.4, 0.5) is 0 Å². The summed E-state index contributed by atoms with van der Waals surface area (Å²) in [6.45, 7) is 1.88. The summed E-state index contributed by atoms with van der Waals surface area (Å²) in [6, 6.07) is 8.34. The van der Waals surface area contributed by atoms with Crippen LogP contribution < -0.4 is 5.73 Å². The van der Waals surface area contributed by atoms with Crippen LogP contribution in [0.1, 0.15) is 21.5 Å². The van der Waals surface area contributed by atoms with Crippen molar-refractivity contribution in [1.82, 2.24) is 4.98 Å². The average Bonchev–Trinajstić information content (AvgIpc) is 2.45. The van der Waals surface area contributed by atoms with Gasteiger partial charge in [0.2, 0.25) is 0 Å². The van der Waals surface area contributed by atoms with E-state index in [4.69, 9.17) is 22.2 Å². The Balaban J connectivity index is 2.12. The molecule has 1 aromatic carbocycles. The quantitative estimate of drug-likeness (QED) is 0.408. The molecular weight excluding hydrogens is 278 g/mol. The molecule has 2 aromatic rings. The maximum absolute atomic E-state index is 11.8. The van der Waals surface area contributed by atoms with E-state index in [0.29, 0.717) is 10.6 Å². The minimum absolute atomic E-state index is 0.0870. The lowest BCUT2D eigenvalue weighted by Crippen LogP contribution is -2.15. The Morgan fingerprint density at radius 1 is 1.30 bits per heavy atom. The van der Waals surface area contributed by atoms with Gasteiger partial charge in [0.05, 0.1) is 10.6 Å². The Morgan fingerprint density at radius 2 is 2.00 bits per heavy atom. The summed E-state index contributed by atoms with van der Waals surface area (Å²) in [5.41, 5.74) is 7.50. The summed E-state index contributed by atoms with van der Waals surface area (Å²) in [6.07, 6.45) is 3.13. The standard InChI is InChI=1S/C14H12ClN3O2/c1-9-2-3-11(12(15)8-9)14(19)20-18-13(16)10-4-6-17-7-5-10/h2-8H,1H3,(H2,16,18). The van der Waals surface area contributed by atoms with Gasteiger partial charge in [-0.2, -0.15) is 0 Å². The first-order valence-electron chi connectivity index (χ1n) is 5.79. The number of amidine groups is 1. The van der Waals surface area contributed by atoms with Gasteiger partial charge in [0.15, 0.2) is 5.84 Å². The van der Waals surface area contributed by atoms with Crippen LogP contribution in [0, 0.1) is 6.92 Å². The third kappa shape index (κ3) is 3.33. The Bertz CT molecular complexity index is 657. The number of rotatable bonds is 3. The van der Waals surface area contributed by atoms with E-state index >= 15 is 0 Å². The molecule has 0 aliphatic heterocycles. The number of aryl methyl sites for hydroxylation is 1. The number of hydrogen-bond acceptors (Lipinski definition) is 4. The molecule has 0 aliphatic rings. The van der Waals surface area contributed by atoms with Crippen molar-refractivity contribution in [2.75, 3.05) is 0 Å². The lowest BCUT2D eigenvalue weighted by molar-refractivity contribution is 0.0516. The van der Waals surface area contributed by atoms with Crippen LogP contribution in [0.25, 0.3) is 0 Å². The summed E-state index contributed by atoms with van der Waals surface area (Å²) in [5, 5.41) is 3.91. The predicted octanol–water partition coefficient (Wildman–Crippen LogP) is 2.52. The monoisotopic (exact) mass is 289 g/mol. The minimum Gasteiger partial charge on any atom is -0.380 e. The highest BCUT2D eigenvalue weighted by atomic mass is 35.5. The van der Waals surface area contributed by atoms with Crippen molar-refractivity contribution >= 4 is 23.4 Å². The summed E-state index contributed by atoms with van der Waals surface area (Å²) in [5.74, 6) is -0.573. The lowest BCUT2D eigenvalue weighted by atomic mass is 10.1. The van der Waals surface area contributed by atoms with Crippen molar-refractivity contribution in [2.24, 2.45) is 10.9 Å². The van der Waals surface area contributed by atoms with Crippen LogP contribution in [0.5, 0.6) is 0 Å². The van der Waals surface area contributed by atoms with Crippen molar-refractivity contribution in [1.29, 1.82) is 0 Å². The molecular formula is C14H12ClN3O2. The fraction of sp³-hybridized carbons (Fsp3) is 0.0714. The van der Waals surface area contributed by atoms with Crippen molar-refractivity contribution in [2.45, 2.75) is 6.92 Å². The number of halogens is 1.